The van der Waals surface area contributed by atoms with Crippen molar-refractivity contribution in [3.63, 3.8) is 0 Å². The van der Waals surface area contributed by atoms with Gasteiger partial charge < -0.3 is 4.90 Å². The number of nitrogens with zero attached hydrogens (tertiary/aromatic N) is 1. The van der Waals surface area contributed by atoms with E-state index in [1.807, 2.05) is 0 Å². The van der Waals surface area contributed by atoms with Crippen molar-refractivity contribution >= 4 is 5.91 Å². The number of halogens is 3. The van der Waals surface area contributed by atoms with E-state index in [-0.39, 0.29) is 23.9 Å². The van der Waals surface area contributed by atoms with Crippen molar-refractivity contribution in [1.82, 2.24) is 4.90 Å². The van der Waals surface area contributed by atoms with Crippen LogP contribution in [0.5, 0.6) is 0 Å². The maximum Gasteiger partial charge on any atom is 0.223 e. The number of rotatable bonds is 3. The van der Waals surface area contributed by atoms with Gasteiger partial charge in [-0.05, 0) is 0 Å². The van der Waals surface area contributed by atoms with Crippen molar-refractivity contribution in [3.05, 3.63) is 47.8 Å². The van der Waals surface area contributed by atoms with Crippen molar-refractivity contribution in [2.75, 3.05) is 6.54 Å². The predicted octanol–water partition coefficient (Wildman–Crippen LogP) is 2.64. The monoisotopic (exact) mass is 255 g/mol. The maximum absolute atomic E-state index is 13.4. The molecule has 0 N–H and O–H groups in total. The van der Waals surface area contributed by atoms with Crippen molar-refractivity contribution in [3.8, 4) is 0 Å². The first-order valence-corrected chi connectivity index (χ1v) is 5.55. The van der Waals surface area contributed by atoms with Gasteiger partial charge in [0.25, 0.3) is 0 Å². The molecule has 1 aliphatic rings. The minimum atomic E-state index is -0.970. The van der Waals surface area contributed by atoms with Crippen molar-refractivity contribution in [1.29, 1.82) is 0 Å². The fraction of sp³-hybridized carbons (Fsp3) is 0.308. The molecular weight excluding hydrogens is 243 g/mol. The highest BCUT2D eigenvalue weighted by molar-refractivity contribution is 5.79. The fourth-order valence-electron chi connectivity index (χ4n) is 2.03. The van der Waals surface area contributed by atoms with Gasteiger partial charge in [0.05, 0.1) is 6.54 Å². The van der Waals surface area contributed by atoms with Crippen LogP contribution in [-0.4, -0.2) is 17.4 Å². The Hall–Kier alpha value is -1.78. The number of amides is 1. The molecule has 18 heavy (non-hydrogen) atoms. The molecule has 1 aromatic carbocycles. The van der Waals surface area contributed by atoms with Crippen LogP contribution >= 0.6 is 0 Å². The summed E-state index contributed by atoms with van der Waals surface area (Å²) in [5.41, 5.74) is -0.283. The van der Waals surface area contributed by atoms with Gasteiger partial charge in [0.2, 0.25) is 5.91 Å². The molecule has 1 fully saturated rings. The van der Waals surface area contributed by atoms with Crippen molar-refractivity contribution < 1.29 is 18.0 Å². The summed E-state index contributed by atoms with van der Waals surface area (Å²) in [7, 11) is 0. The van der Waals surface area contributed by atoms with Gasteiger partial charge in [-0.2, -0.15) is 0 Å². The van der Waals surface area contributed by atoms with E-state index < -0.39 is 17.5 Å². The largest absolute Gasteiger partial charge is 0.338 e. The number of carbonyl (C=O) groups excluding carboxylic acids is 1. The summed E-state index contributed by atoms with van der Waals surface area (Å²) in [4.78, 5) is 12.9. The van der Waals surface area contributed by atoms with E-state index in [9.17, 15) is 18.0 Å². The first kappa shape index (κ1) is 12.7. The molecule has 0 spiro atoms. The van der Waals surface area contributed by atoms with Crippen LogP contribution in [0, 0.1) is 23.4 Å². The molecule has 0 saturated carbocycles. The van der Waals surface area contributed by atoms with Crippen molar-refractivity contribution in [2.24, 2.45) is 5.92 Å². The first-order valence-electron chi connectivity index (χ1n) is 5.55. The molecule has 0 aliphatic carbocycles. The van der Waals surface area contributed by atoms with Crippen LogP contribution in [0.1, 0.15) is 12.0 Å². The summed E-state index contributed by atoms with van der Waals surface area (Å²) in [6.45, 7) is 3.80. The zero-order valence-corrected chi connectivity index (χ0v) is 9.63. The van der Waals surface area contributed by atoms with E-state index in [1.165, 1.54) is 4.90 Å². The van der Waals surface area contributed by atoms with Crippen LogP contribution in [0.25, 0.3) is 0 Å². The molecule has 2 nitrogen and oxygen atoms in total. The summed E-state index contributed by atoms with van der Waals surface area (Å²) in [6, 6.07) is 1.23. The highest BCUT2D eigenvalue weighted by Gasteiger charge is 2.29. The van der Waals surface area contributed by atoms with E-state index in [2.05, 4.69) is 6.58 Å². The molecule has 5 heteroatoms. The zero-order valence-electron chi connectivity index (χ0n) is 9.63. The lowest BCUT2D eigenvalue weighted by atomic mass is 10.1. The van der Waals surface area contributed by atoms with Crippen LogP contribution < -0.4 is 0 Å². The summed E-state index contributed by atoms with van der Waals surface area (Å²) in [5, 5.41) is 0. The molecule has 1 aromatic rings. The van der Waals surface area contributed by atoms with Crippen LogP contribution in [0.2, 0.25) is 0 Å². The predicted molar refractivity (Wildman–Crippen MR) is 60.0 cm³/mol. The highest BCUT2D eigenvalue weighted by atomic mass is 19.1. The number of carbonyl (C=O) groups is 1. The average Bonchev–Trinajstić information content (AvgIpc) is 2.64. The lowest BCUT2D eigenvalue weighted by Crippen LogP contribution is -2.25. The second-order valence-electron chi connectivity index (χ2n) is 4.32. The van der Waals surface area contributed by atoms with Crippen LogP contribution in [0.3, 0.4) is 0 Å². The lowest BCUT2D eigenvalue weighted by molar-refractivity contribution is -0.128. The Morgan fingerprint density at radius 3 is 2.44 bits per heavy atom. The molecular formula is C13H12F3NO. The molecule has 1 aliphatic heterocycles. The number of likely N-dealkylation sites (tertiary alicyclic amines) is 1. The quantitative estimate of drug-likeness (QED) is 0.760. The Morgan fingerprint density at radius 2 is 1.94 bits per heavy atom. The van der Waals surface area contributed by atoms with Crippen LogP contribution in [0.4, 0.5) is 13.2 Å². The summed E-state index contributed by atoms with van der Waals surface area (Å²) < 4.78 is 39.6. The summed E-state index contributed by atoms with van der Waals surface area (Å²) in [6.07, 6.45) is 1.95. The topological polar surface area (TPSA) is 20.3 Å². The van der Waals surface area contributed by atoms with Gasteiger partial charge >= 0.3 is 0 Å². The molecule has 0 radical (unpaired) electrons. The summed E-state index contributed by atoms with van der Waals surface area (Å²) >= 11 is 0. The third-order valence-corrected chi connectivity index (χ3v) is 3.03. The first-order chi connectivity index (χ1) is 8.51. The minimum absolute atomic E-state index is 0.00377. The number of hydrogen-bond donors (Lipinski definition) is 0. The van der Waals surface area contributed by atoms with Gasteiger partial charge in [-0.25, -0.2) is 13.2 Å². The lowest BCUT2D eigenvalue weighted by Gasteiger charge is -2.17. The third kappa shape index (κ3) is 2.39. The van der Waals surface area contributed by atoms with E-state index in [0.717, 1.165) is 0 Å². The van der Waals surface area contributed by atoms with Gasteiger partial charge in [0.1, 0.15) is 17.5 Å². The minimum Gasteiger partial charge on any atom is -0.338 e. The molecule has 1 heterocycles. The Bertz CT molecular complexity index is 478. The number of hydrogen-bond acceptors (Lipinski definition) is 1. The molecule has 2 rings (SSSR count). The highest BCUT2D eigenvalue weighted by Crippen LogP contribution is 2.23. The van der Waals surface area contributed by atoms with E-state index in [4.69, 9.17) is 0 Å². The van der Waals surface area contributed by atoms with Gasteiger partial charge in [0, 0.05) is 36.6 Å². The summed E-state index contributed by atoms with van der Waals surface area (Å²) in [5.74, 6) is -3.08. The molecule has 1 atom stereocenters. The molecule has 96 valence electrons. The van der Waals surface area contributed by atoms with Gasteiger partial charge in [-0.1, -0.05) is 6.08 Å². The van der Waals surface area contributed by atoms with Gasteiger partial charge in [-0.15, -0.1) is 6.58 Å². The Labute approximate surface area is 103 Å². The Morgan fingerprint density at radius 1 is 1.33 bits per heavy atom. The molecule has 1 unspecified atom stereocenters. The second-order valence-corrected chi connectivity index (χ2v) is 4.32. The second kappa shape index (κ2) is 4.84. The fourth-order valence-corrected chi connectivity index (χ4v) is 2.03. The zero-order chi connectivity index (χ0) is 13.3. The molecule has 1 saturated heterocycles. The maximum atomic E-state index is 13.4. The van der Waals surface area contributed by atoms with Crippen molar-refractivity contribution in [2.45, 2.75) is 13.0 Å². The van der Waals surface area contributed by atoms with E-state index in [0.29, 0.717) is 25.1 Å². The SMILES string of the molecule is C=CC1CC(=O)N(Cc2c(F)cc(F)cc2F)C1. The van der Waals surface area contributed by atoms with Crippen LogP contribution in [-0.2, 0) is 11.3 Å². The van der Waals surface area contributed by atoms with Gasteiger partial charge in [0.15, 0.2) is 0 Å². The third-order valence-electron chi connectivity index (χ3n) is 3.03. The molecule has 1 amide bonds. The van der Waals surface area contributed by atoms with E-state index in [1.54, 1.807) is 6.08 Å². The number of benzene rings is 1. The molecule has 0 aromatic heterocycles. The smallest absolute Gasteiger partial charge is 0.223 e. The Kier molecular flexibility index (Phi) is 3.41. The normalized spacial score (nSPS) is 19.4. The standard InChI is InChI=1S/C13H12F3NO/c1-2-8-3-13(18)17(6-8)7-10-11(15)4-9(14)5-12(10)16/h2,4-5,8H,1,3,6-7H2. The van der Waals surface area contributed by atoms with E-state index >= 15 is 0 Å². The van der Waals surface area contributed by atoms with Crippen LogP contribution in [0.15, 0.2) is 24.8 Å². The van der Waals surface area contributed by atoms with Gasteiger partial charge in [-0.3, -0.25) is 4.79 Å². The average molecular weight is 255 g/mol. The molecule has 0 bridgehead atoms. The Balaban J connectivity index is 2.20.